The molecule has 0 bridgehead atoms. The van der Waals surface area contributed by atoms with Gasteiger partial charge in [-0.3, -0.25) is 0 Å². The van der Waals surface area contributed by atoms with E-state index in [1.807, 2.05) is 0 Å². The van der Waals surface area contributed by atoms with E-state index in [4.69, 9.17) is 9.47 Å². The van der Waals surface area contributed by atoms with Crippen molar-refractivity contribution < 1.29 is 9.47 Å². The minimum absolute atomic E-state index is 0.629. The van der Waals surface area contributed by atoms with Crippen LogP contribution in [0.25, 0.3) is 0 Å². The van der Waals surface area contributed by atoms with E-state index in [1.165, 1.54) is 43.5 Å². The van der Waals surface area contributed by atoms with E-state index >= 15 is 0 Å². The van der Waals surface area contributed by atoms with Crippen molar-refractivity contribution in [3.63, 3.8) is 0 Å². The maximum Gasteiger partial charge on any atom is 0.122 e. The number of aryl methyl sites for hydroxylation is 2. The highest BCUT2D eigenvalue weighted by Crippen LogP contribution is 2.18. The van der Waals surface area contributed by atoms with Crippen molar-refractivity contribution in [2.24, 2.45) is 0 Å². The van der Waals surface area contributed by atoms with Gasteiger partial charge in [-0.05, 0) is 57.0 Å². The van der Waals surface area contributed by atoms with Gasteiger partial charge in [0.15, 0.2) is 0 Å². The third-order valence-electron chi connectivity index (χ3n) is 3.83. The Balaban J connectivity index is 1.56. The summed E-state index contributed by atoms with van der Waals surface area (Å²) in [7, 11) is 0. The zero-order valence-corrected chi connectivity index (χ0v) is 12.9. The summed E-state index contributed by atoms with van der Waals surface area (Å²) in [6, 6.07) is 6.29. The average Bonchev–Trinajstić information content (AvgIpc) is 2.47. The van der Waals surface area contributed by atoms with Gasteiger partial charge in [0.1, 0.15) is 12.4 Å². The minimum Gasteiger partial charge on any atom is -0.491 e. The van der Waals surface area contributed by atoms with Crippen molar-refractivity contribution in [1.82, 2.24) is 4.90 Å². The van der Waals surface area contributed by atoms with Gasteiger partial charge in [0.25, 0.3) is 0 Å². The number of nitrogens with zero attached hydrogens (tertiary/aromatic N) is 1. The fraction of sp³-hybridized carbons (Fsp3) is 0.647. The van der Waals surface area contributed by atoms with Crippen molar-refractivity contribution in [3.05, 3.63) is 29.3 Å². The van der Waals surface area contributed by atoms with Crippen molar-refractivity contribution in [2.45, 2.75) is 33.1 Å². The second-order valence-corrected chi connectivity index (χ2v) is 5.63. The fourth-order valence-corrected chi connectivity index (χ4v) is 2.55. The molecule has 0 unspecified atom stereocenters. The van der Waals surface area contributed by atoms with Crippen molar-refractivity contribution in [2.75, 3.05) is 39.5 Å². The van der Waals surface area contributed by atoms with Crippen LogP contribution < -0.4 is 4.74 Å². The minimum atomic E-state index is 0.629. The lowest BCUT2D eigenvalue weighted by Crippen LogP contribution is -2.32. The van der Waals surface area contributed by atoms with Crippen molar-refractivity contribution in [1.29, 1.82) is 0 Å². The number of hydrogen-bond acceptors (Lipinski definition) is 3. The molecule has 1 aliphatic heterocycles. The largest absolute Gasteiger partial charge is 0.491 e. The molecule has 20 heavy (non-hydrogen) atoms. The molecule has 1 aromatic rings. The molecule has 0 aliphatic carbocycles. The molecule has 3 heteroatoms. The molecule has 0 aromatic heterocycles. The number of hydrogen-bond donors (Lipinski definition) is 0. The lowest BCUT2D eigenvalue weighted by atomic mass is 10.1. The maximum atomic E-state index is 5.77. The number of rotatable bonds is 7. The highest BCUT2D eigenvalue weighted by atomic mass is 16.5. The predicted octanol–water partition coefficient (Wildman–Crippen LogP) is 3.18. The van der Waals surface area contributed by atoms with Crippen LogP contribution in [0.2, 0.25) is 0 Å². The quantitative estimate of drug-likeness (QED) is 0.715. The normalized spacial score (nSPS) is 16.3. The lowest BCUT2D eigenvalue weighted by Gasteiger charge is -2.26. The Morgan fingerprint density at radius 2 is 1.80 bits per heavy atom. The SMILES string of the molecule is Cc1ccc(C)c(OCCOCCN2CCCCC2)c1. The van der Waals surface area contributed by atoms with Crippen LogP contribution in [0.15, 0.2) is 18.2 Å². The van der Waals surface area contributed by atoms with Crippen LogP contribution in [-0.4, -0.2) is 44.4 Å². The third kappa shape index (κ3) is 5.14. The number of piperidine rings is 1. The van der Waals surface area contributed by atoms with Crippen LogP contribution in [0.5, 0.6) is 5.75 Å². The highest BCUT2D eigenvalue weighted by Gasteiger charge is 2.08. The standard InChI is InChI=1S/C17H27NO2/c1-15-6-7-16(2)17(14-15)20-13-12-19-11-10-18-8-4-3-5-9-18/h6-7,14H,3-5,8-13H2,1-2H3. The van der Waals surface area contributed by atoms with Gasteiger partial charge in [-0.2, -0.15) is 0 Å². The summed E-state index contributed by atoms with van der Waals surface area (Å²) in [4.78, 5) is 2.50. The zero-order chi connectivity index (χ0) is 14.2. The molecule has 0 amide bonds. The topological polar surface area (TPSA) is 21.7 Å². The van der Waals surface area contributed by atoms with Gasteiger partial charge in [0, 0.05) is 6.54 Å². The summed E-state index contributed by atoms with van der Waals surface area (Å²) in [5, 5.41) is 0. The van der Waals surface area contributed by atoms with E-state index in [2.05, 4.69) is 36.9 Å². The van der Waals surface area contributed by atoms with Crippen LogP contribution in [0.3, 0.4) is 0 Å². The van der Waals surface area contributed by atoms with E-state index in [1.54, 1.807) is 0 Å². The Morgan fingerprint density at radius 1 is 1.00 bits per heavy atom. The summed E-state index contributed by atoms with van der Waals surface area (Å²) in [6.45, 7) is 9.81. The van der Waals surface area contributed by atoms with E-state index in [9.17, 15) is 0 Å². The Bertz CT molecular complexity index is 400. The Hall–Kier alpha value is -1.06. The summed E-state index contributed by atoms with van der Waals surface area (Å²) in [5.74, 6) is 0.977. The molecule has 1 fully saturated rings. The van der Waals surface area contributed by atoms with Crippen LogP contribution in [-0.2, 0) is 4.74 Å². The van der Waals surface area contributed by atoms with Gasteiger partial charge in [-0.15, -0.1) is 0 Å². The van der Waals surface area contributed by atoms with E-state index < -0.39 is 0 Å². The maximum absolute atomic E-state index is 5.77. The molecule has 112 valence electrons. The molecule has 0 spiro atoms. The first-order valence-electron chi connectivity index (χ1n) is 7.76. The van der Waals surface area contributed by atoms with Gasteiger partial charge in [-0.1, -0.05) is 18.6 Å². The van der Waals surface area contributed by atoms with Crippen LogP contribution in [0.1, 0.15) is 30.4 Å². The van der Waals surface area contributed by atoms with Gasteiger partial charge < -0.3 is 14.4 Å². The van der Waals surface area contributed by atoms with Crippen LogP contribution >= 0.6 is 0 Å². The molecule has 0 atom stereocenters. The molecule has 0 N–H and O–H groups in total. The summed E-state index contributed by atoms with van der Waals surface area (Å²) >= 11 is 0. The molecule has 0 radical (unpaired) electrons. The third-order valence-corrected chi connectivity index (χ3v) is 3.83. The predicted molar refractivity (Wildman–Crippen MR) is 82.5 cm³/mol. The zero-order valence-electron chi connectivity index (χ0n) is 12.9. The molecule has 1 aliphatic rings. The number of ether oxygens (including phenoxy) is 2. The first-order valence-corrected chi connectivity index (χ1v) is 7.76. The average molecular weight is 277 g/mol. The first kappa shape index (κ1) is 15.3. The number of benzene rings is 1. The first-order chi connectivity index (χ1) is 9.75. The van der Waals surface area contributed by atoms with Gasteiger partial charge >= 0.3 is 0 Å². The molecular weight excluding hydrogens is 250 g/mol. The fourth-order valence-electron chi connectivity index (χ4n) is 2.55. The van der Waals surface area contributed by atoms with Crippen molar-refractivity contribution >= 4 is 0 Å². The lowest BCUT2D eigenvalue weighted by molar-refractivity contribution is 0.0749. The van der Waals surface area contributed by atoms with E-state index in [0.29, 0.717) is 13.2 Å². The smallest absolute Gasteiger partial charge is 0.122 e. The van der Waals surface area contributed by atoms with Gasteiger partial charge in [0.2, 0.25) is 0 Å². The molecule has 1 aromatic carbocycles. The molecule has 0 saturated carbocycles. The van der Waals surface area contributed by atoms with E-state index in [-0.39, 0.29) is 0 Å². The highest BCUT2D eigenvalue weighted by molar-refractivity contribution is 5.35. The second kappa shape index (κ2) is 8.28. The number of likely N-dealkylation sites (tertiary alicyclic amines) is 1. The molecule has 3 nitrogen and oxygen atoms in total. The van der Waals surface area contributed by atoms with Crippen LogP contribution in [0.4, 0.5) is 0 Å². The molecule has 2 rings (SSSR count). The Labute approximate surface area is 122 Å². The summed E-state index contributed by atoms with van der Waals surface area (Å²) in [6.07, 6.45) is 4.08. The molecular formula is C17H27NO2. The van der Waals surface area contributed by atoms with Gasteiger partial charge in [0.05, 0.1) is 13.2 Å². The monoisotopic (exact) mass is 277 g/mol. The Morgan fingerprint density at radius 3 is 2.60 bits per heavy atom. The van der Waals surface area contributed by atoms with Gasteiger partial charge in [-0.25, -0.2) is 0 Å². The van der Waals surface area contributed by atoms with E-state index in [0.717, 1.165) is 18.9 Å². The summed E-state index contributed by atoms with van der Waals surface area (Å²) < 4.78 is 11.4. The molecule has 1 heterocycles. The van der Waals surface area contributed by atoms with Crippen LogP contribution in [0, 0.1) is 13.8 Å². The van der Waals surface area contributed by atoms with Crippen molar-refractivity contribution in [3.8, 4) is 5.75 Å². The second-order valence-electron chi connectivity index (χ2n) is 5.63. The molecule has 1 saturated heterocycles. The Kier molecular flexibility index (Phi) is 6.34. The summed E-state index contributed by atoms with van der Waals surface area (Å²) in [5.41, 5.74) is 2.42.